The van der Waals surface area contributed by atoms with Gasteiger partial charge in [-0.05, 0) is 0 Å². The van der Waals surface area contributed by atoms with Crippen LogP contribution in [0.25, 0.3) is 0 Å². The summed E-state index contributed by atoms with van der Waals surface area (Å²) in [5, 5.41) is 0. The molecule has 0 radical (unpaired) electrons. The van der Waals surface area contributed by atoms with Gasteiger partial charge < -0.3 is 84.9 Å². The zero-order valence-electron chi connectivity index (χ0n) is 6.89. The molecular formula is Br5KNa4. The number of rotatable bonds is 0. The monoisotopic (exact) mass is 526 g/mol. The molecule has 10 heavy (non-hydrogen) atoms. The molecule has 0 atom stereocenters. The van der Waals surface area contributed by atoms with E-state index in [0.29, 0.717) is 0 Å². The van der Waals surface area contributed by atoms with E-state index in [1.165, 1.54) is 0 Å². The Kier molecular flexibility index (Phi) is 550. The number of hydrogen-bond acceptors (Lipinski definition) is 0. The van der Waals surface area contributed by atoms with E-state index in [1.54, 1.807) is 0 Å². The van der Waals surface area contributed by atoms with Gasteiger partial charge in [0.05, 0.1) is 0 Å². The van der Waals surface area contributed by atoms with Crippen molar-refractivity contribution in [1.82, 2.24) is 0 Å². The van der Waals surface area contributed by atoms with E-state index < -0.39 is 0 Å². The molecule has 0 fully saturated rings. The van der Waals surface area contributed by atoms with Gasteiger partial charge in [-0.2, -0.15) is 0 Å². The van der Waals surface area contributed by atoms with E-state index in [2.05, 4.69) is 0 Å². The van der Waals surface area contributed by atoms with Gasteiger partial charge in [-0.25, -0.2) is 0 Å². The van der Waals surface area contributed by atoms with Crippen LogP contribution in [0.5, 0.6) is 0 Å². The summed E-state index contributed by atoms with van der Waals surface area (Å²) in [6.45, 7) is 0. The third kappa shape index (κ3) is 56.1. The third-order valence-electron chi connectivity index (χ3n) is 0. The topological polar surface area (TPSA) is 0 Å². The molecule has 0 aliphatic heterocycles. The van der Waals surface area contributed by atoms with E-state index in [-0.39, 0.29) is 255 Å². The first-order chi connectivity index (χ1) is 0. The number of hydrogen-bond donors (Lipinski definition) is 0. The molecule has 0 saturated carbocycles. The van der Waals surface area contributed by atoms with Gasteiger partial charge in [0.25, 0.3) is 0 Å². The summed E-state index contributed by atoms with van der Waals surface area (Å²) < 4.78 is 0. The first kappa shape index (κ1) is 81.1. The van der Waals surface area contributed by atoms with Crippen LogP contribution in [0, 0.1) is 0 Å². The number of halogens is 5. The zero-order chi connectivity index (χ0) is 0. The molecule has 0 nitrogen and oxygen atoms in total. The Bertz CT molecular complexity index is 13.6. The summed E-state index contributed by atoms with van der Waals surface area (Å²) in [5.74, 6) is 0. The van der Waals surface area contributed by atoms with Crippen LogP contribution in [0.2, 0.25) is 0 Å². The fourth-order valence-corrected chi connectivity index (χ4v) is 0. The SMILES string of the molecule is [Br-].[Br-].[Br-].[Br-].[Br-].[K+].[Na+].[Na+].[Na+].[Na+]. The molecule has 0 aromatic carbocycles. The van der Waals surface area contributed by atoms with E-state index in [9.17, 15) is 0 Å². The second-order valence-electron chi connectivity index (χ2n) is 0. The van der Waals surface area contributed by atoms with Gasteiger partial charge in [0, 0.05) is 0 Å². The molecule has 10 heteroatoms. The Morgan fingerprint density at radius 1 is 0.300 bits per heavy atom. The summed E-state index contributed by atoms with van der Waals surface area (Å²) in [6, 6.07) is 0. The molecule has 0 N–H and O–H groups in total. The third-order valence-corrected chi connectivity index (χ3v) is 0. The van der Waals surface area contributed by atoms with Gasteiger partial charge in [0.2, 0.25) is 0 Å². The van der Waals surface area contributed by atoms with Gasteiger partial charge in [0.15, 0.2) is 0 Å². The van der Waals surface area contributed by atoms with E-state index in [4.69, 9.17) is 0 Å². The van der Waals surface area contributed by atoms with Crippen molar-refractivity contribution >= 4 is 0 Å². The van der Waals surface area contributed by atoms with Gasteiger partial charge >= 0.3 is 170 Å². The fourth-order valence-electron chi connectivity index (χ4n) is 0. The minimum Gasteiger partial charge on any atom is -1.00 e. The van der Waals surface area contributed by atoms with Crippen molar-refractivity contribution in [3.05, 3.63) is 0 Å². The molecule has 40 valence electrons. The normalized spacial score (nSPS) is 0. The Balaban J connectivity index is 0. The smallest absolute Gasteiger partial charge is 1.00 e. The molecule has 0 unspecified atom stereocenters. The average Bonchev–Trinajstić information content (AvgIpc) is 0. The Morgan fingerprint density at radius 2 is 0.300 bits per heavy atom. The van der Waals surface area contributed by atoms with Crippen LogP contribution in [0.4, 0.5) is 0 Å². The summed E-state index contributed by atoms with van der Waals surface area (Å²) in [6.07, 6.45) is 0. The molecule has 0 bridgehead atoms. The van der Waals surface area contributed by atoms with Crippen LogP contribution in [-0.4, -0.2) is 0 Å². The summed E-state index contributed by atoms with van der Waals surface area (Å²) in [5.41, 5.74) is 0. The van der Waals surface area contributed by atoms with Crippen molar-refractivity contribution in [2.24, 2.45) is 0 Å². The fraction of sp³-hybridized carbons (Fsp3) is 0. The maximum absolute atomic E-state index is 0. The zero-order valence-corrected chi connectivity index (χ0v) is 25.9. The predicted molar refractivity (Wildman–Crippen MR) is 0 cm³/mol. The summed E-state index contributed by atoms with van der Waals surface area (Å²) >= 11 is 0. The molecule has 0 heterocycles. The van der Waals surface area contributed by atoms with E-state index >= 15 is 0 Å². The molecule has 0 spiro atoms. The second kappa shape index (κ2) is 67.8. The van der Waals surface area contributed by atoms with Crippen LogP contribution < -0.4 is 255 Å². The van der Waals surface area contributed by atoms with Crippen molar-refractivity contribution in [1.29, 1.82) is 0 Å². The molecule has 0 aromatic rings. The standard InChI is InChI=1S/5BrH.K.4Na/h5*1H;;;;;/q;;;;;5*+1/p-5. The average molecular weight is 531 g/mol. The molecule has 0 aromatic heterocycles. The van der Waals surface area contributed by atoms with Gasteiger partial charge in [-0.1, -0.05) is 0 Å². The Morgan fingerprint density at radius 3 is 0.300 bits per heavy atom. The Hall–Kier alpha value is 8.04. The van der Waals surface area contributed by atoms with Crippen molar-refractivity contribution in [2.75, 3.05) is 0 Å². The predicted octanol–water partition coefficient (Wildman–Crippen LogP) is -30.0. The van der Waals surface area contributed by atoms with E-state index in [1.807, 2.05) is 0 Å². The molecule has 0 aliphatic carbocycles. The minimum atomic E-state index is 0. The van der Waals surface area contributed by atoms with Crippen LogP contribution >= 0.6 is 0 Å². The molecule has 0 rings (SSSR count). The van der Waals surface area contributed by atoms with Gasteiger partial charge in [0.1, 0.15) is 0 Å². The first-order valence-corrected chi connectivity index (χ1v) is 0. The molecule has 0 saturated heterocycles. The minimum absolute atomic E-state index is 0. The second-order valence-corrected chi connectivity index (χ2v) is 0. The van der Waals surface area contributed by atoms with Crippen LogP contribution in [0.15, 0.2) is 0 Å². The van der Waals surface area contributed by atoms with Gasteiger partial charge in [-0.15, -0.1) is 0 Å². The Labute approximate surface area is 247 Å². The maximum atomic E-state index is 0. The van der Waals surface area contributed by atoms with Crippen molar-refractivity contribution in [3.8, 4) is 0 Å². The van der Waals surface area contributed by atoms with Crippen LogP contribution in [0.3, 0.4) is 0 Å². The van der Waals surface area contributed by atoms with Crippen LogP contribution in [-0.2, 0) is 0 Å². The largest absolute Gasteiger partial charge is 1.00 e. The summed E-state index contributed by atoms with van der Waals surface area (Å²) in [7, 11) is 0. The van der Waals surface area contributed by atoms with Gasteiger partial charge in [-0.3, -0.25) is 0 Å². The van der Waals surface area contributed by atoms with Crippen molar-refractivity contribution in [2.45, 2.75) is 0 Å². The summed E-state index contributed by atoms with van der Waals surface area (Å²) in [4.78, 5) is 0. The molecule has 0 aliphatic rings. The van der Waals surface area contributed by atoms with Crippen molar-refractivity contribution in [3.63, 3.8) is 0 Å². The maximum Gasteiger partial charge on any atom is 1.00 e. The van der Waals surface area contributed by atoms with Crippen molar-refractivity contribution < 1.29 is 255 Å². The van der Waals surface area contributed by atoms with E-state index in [0.717, 1.165) is 0 Å². The molecule has 0 amide bonds. The first-order valence-electron chi connectivity index (χ1n) is 0. The molecular weight excluding hydrogens is 531 g/mol. The van der Waals surface area contributed by atoms with Crippen LogP contribution in [0.1, 0.15) is 0 Å². The quantitative estimate of drug-likeness (QED) is 0.273.